The van der Waals surface area contributed by atoms with Crippen LogP contribution in [0.1, 0.15) is 15.9 Å². The van der Waals surface area contributed by atoms with Gasteiger partial charge in [0.15, 0.2) is 0 Å². The number of carbonyl (C=O) groups excluding carboxylic acids is 1. The third-order valence-electron chi connectivity index (χ3n) is 5.02. The van der Waals surface area contributed by atoms with Gasteiger partial charge in [-0.1, -0.05) is 30.3 Å². The maximum atomic E-state index is 11.7. The topological polar surface area (TPSA) is 58.9 Å². The third-order valence-corrected chi connectivity index (χ3v) is 5.02. The van der Waals surface area contributed by atoms with Crippen LogP contribution in [0.5, 0.6) is 0 Å². The summed E-state index contributed by atoms with van der Waals surface area (Å²) in [6, 6.07) is 21.7. The van der Waals surface area contributed by atoms with Crippen LogP contribution in [-0.4, -0.2) is 36.6 Å². The number of hydrogen-bond donors (Lipinski definition) is 1. The van der Waals surface area contributed by atoms with Gasteiger partial charge in [-0.2, -0.15) is 0 Å². The molecule has 30 heavy (non-hydrogen) atoms. The van der Waals surface area contributed by atoms with E-state index in [0.29, 0.717) is 12.1 Å². The fourth-order valence-corrected chi connectivity index (χ4v) is 3.35. The summed E-state index contributed by atoms with van der Waals surface area (Å²) < 4.78 is 6.83. The lowest BCUT2D eigenvalue weighted by Gasteiger charge is -2.13. The van der Waals surface area contributed by atoms with Crippen molar-refractivity contribution in [2.24, 2.45) is 0 Å². The molecule has 0 saturated heterocycles. The molecule has 1 N–H and O–H groups in total. The van der Waals surface area contributed by atoms with E-state index >= 15 is 0 Å². The number of ether oxygens (including phenoxy) is 1. The summed E-state index contributed by atoms with van der Waals surface area (Å²) in [6.45, 7) is 0.670. The number of hydrogen-bond acceptors (Lipinski definition) is 5. The Hall–Kier alpha value is -3.80. The highest BCUT2D eigenvalue weighted by Gasteiger charge is 2.15. The molecular weight excluding hydrogens is 376 g/mol. The number of nitrogens with one attached hydrogen (secondary N) is 1. The van der Waals surface area contributed by atoms with Crippen LogP contribution < -0.4 is 10.2 Å². The van der Waals surface area contributed by atoms with Crippen LogP contribution in [0.4, 0.5) is 11.5 Å². The molecule has 0 aliphatic heterocycles. The second-order valence-electron chi connectivity index (χ2n) is 7.22. The van der Waals surface area contributed by atoms with Gasteiger partial charge in [-0.25, -0.2) is 9.78 Å². The lowest BCUT2D eigenvalue weighted by molar-refractivity contribution is 0.0601. The highest BCUT2D eigenvalue weighted by molar-refractivity contribution is 5.90. The standard InChI is InChI=1S/C24H24N4O2/c1-27(2)20-13-7-17(8-14-20)16-25-23-22(26-21-6-4-5-15-28(21)23)18-9-11-19(12-10-18)24(29)30-3/h4-15,25H,16H2,1-3H3. The van der Waals surface area contributed by atoms with Crippen molar-refractivity contribution in [3.8, 4) is 11.3 Å². The number of methoxy groups -OCH3 is 1. The molecule has 0 amide bonds. The normalized spacial score (nSPS) is 10.8. The van der Waals surface area contributed by atoms with Crippen molar-refractivity contribution in [2.75, 3.05) is 31.4 Å². The predicted octanol–water partition coefficient (Wildman–Crippen LogP) is 4.47. The Morgan fingerprint density at radius 1 is 1.03 bits per heavy atom. The monoisotopic (exact) mass is 400 g/mol. The van der Waals surface area contributed by atoms with Crippen LogP contribution in [0.25, 0.3) is 16.9 Å². The van der Waals surface area contributed by atoms with Crippen molar-refractivity contribution >= 4 is 23.1 Å². The van der Waals surface area contributed by atoms with E-state index < -0.39 is 0 Å². The Kier molecular flexibility index (Phi) is 5.39. The molecule has 4 rings (SSSR count). The van der Waals surface area contributed by atoms with Gasteiger partial charge in [-0.05, 0) is 42.0 Å². The Balaban J connectivity index is 1.66. The molecule has 6 heteroatoms. The first-order valence-corrected chi connectivity index (χ1v) is 9.73. The zero-order valence-electron chi connectivity index (χ0n) is 17.3. The van der Waals surface area contributed by atoms with Gasteiger partial charge in [0.05, 0.1) is 12.7 Å². The molecule has 0 spiro atoms. The molecule has 2 aromatic carbocycles. The number of nitrogens with zero attached hydrogens (tertiary/aromatic N) is 3. The lowest BCUT2D eigenvalue weighted by Crippen LogP contribution is -2.09. The number of anilines is 2. The van der Waals surface area contributed by atoms with Crippen LogP contribution in [0.3, 0.4) is 0 Å². The molecule has 152 valence electrons. The van der Waals surface area contributed by atoms with Crippen molar-refractivity contribution in [1.82, 2.24) is 9.38 Å². The maximum Gasteiger partial charge on any atom is 0.337 e. The number of imidazole rings is 1. The average molecular weight is 400 g/mol. The number of carbonyl (C=O) groups is 1. The first-order valence-electron chi connectivity index (χ1n) is 9.73. The number of esters is 1. The largest absolute Gasteiger partial charge is 0.465 e. The van der Waals surface area contributed by atoms with Gasteiger partial charge < -0.3 is 15.0 Å². The van der Waals surface area contributed by atoms with E-state index in [0.717, 1.165) is 22.7 Å². The molecule has 0 unspecified atom stereocenters. The van der Waals surface area contributed by atoms with Crippen molar-refractivity contribution in [3.63, 3.8) is 0 Å². The Bertz CT molecular complexity index is 1160. The summed E-state index contributed by atoms with van der Waals surface area (Å²) in [5, 5.41) is 3.54. The molecule has 2 heterocycles. The average Bonchev–Trinajstić information content (AvgIpc) is 3.16. The highest BCUT2D eigenvalue weighted by atomic mass is 16.5. The van der Waals surface area contributed by atoms with E-state index in [2.05, 4.69) is 34.5 Å². The van der Waals surface area contributed by atoms with E-state index in [1.807, 2.05) is 55.0 Å². The zero-order valence-corrected chi connectivity index (χ0v) is 17.3. The molecular formula is C24H24N4O2. The molecule has 2 aromatic heterocycles. The fourth-order valence-electron chi connectivity index (χ4n) is 3.35. The Labute approximate surface area is 175 Å². The van der Waals surface area contributed by atoms with Gasteiger partial charge in [0.25, 0.3) is 0 Å². The molecule has 0 atom stereocenters. The minimum Gasteiger partial charge on any atom is -0.465 e. The number of pyridine rings is 1. The minimum atomic E-state index is -0.351. The minimum absolute atomic E-state index is 0.351. The number of aromatic nitrogens is 2. The number of rotatable bonds is 6. The van der Waals surface area contributed by atoms with Crippen molar-refractivity contribution in [3.05, 3.63) is 84.1 Å². The second kappa shape index (κ2) is 8.29. The Morgan fingerprint density at radius 2 is 1.77 bits per heavy atom. The summed E-state index contributed by atoms with van der Waals surface area (Å²) in [6.07, 6.45) is 1.99. The van der Waals surface area contributed by atoms with E-state index in [4.69, 9.17) is 9.72 Å². The first kappa shape index (κ1) is 19.5. The predicted molar refractivity (Wildman–Crippen MR) is 120 cm³/mol. The molecule has 0 aliphatic rings. The molecule has 0 aliphatic carbocycles. The summed E-state index contributed by atoms with van der Waals surface area (Å²) in [7, 11) is 5.44. The van der Waals surface area contributed by atoms with Gasteiger partial charge in [-0.3, -0.25) is 4.40 Å². The summed E-state index contributed by atoms with van der Waals surface area (Å²) in [4.78, 5) is 18.6. The van der Waals surface area contributed by atoms with Gasteiger partial charge in [0, 0.05) is 38.1 Å². The van der Waals surface area contributed by atoms with Gasteiger partial charge in [0.2, 0.25) is 0 Å². The smallest absolute Gasteiger partial charge is 0.337 e. The van der Waals surface area contributed by atoms with Crippen LogP contribution in [0, 0.1) is 0 Å². The summed E-state index contributed by atoms with van der Waals surface area (Å²) in [5.74, 6) is 0.559. The van der Waals surface area contributed by atoms with Crippen LogP contribution in [-0.2, 0) is 11.3 Å². The van der Waals surface area contributed by atoms with Crippen LogP contribution in [0.15, 0.2) is 72.9 Å². The first-order chi connectivity index (χ1) is 14.6. The van der Waals surface area contributed by atoms with E-state index in [-0.39, 0.29) is 5.97 Å². The van der Waals surface area contributed by atoms with Crippen LogP contribution >= 0.6 is 0 Å². The second-order valence-corrected chi connectivity index (χ2v) is 7.22. The van der Waals surface area contributed by atoms with Crippen molar-refractivity contribution in [2.45, 2.75) is 6.54 Å². The molecule has 4 aromatic rings. The SMILES string of the molecule is COC(=O)c1ccc(-c2nc3ccccn3c2NCc2ccc(N(C)C)cc2)cc1. The number of benzene rings is 2. The molecule has 0 saturated carbocycles. The maximum absolute atomic E-state index is 11.7. The third kappa shape index (κ3) is 3.85. The van der Waals surface area contributed by atoms with E-state index in [1.165, 1.54) is 18.4 Å². The summed E-state index contributed by atoms with van der Waals surface area (Å²) >= 11 is 0. The fraction of sp³-hybridized carbons (Fsp3) is 0.167. The molecule has 6 nitrogen and oxygen atoms in total. The quantitative estimate of drug-likeness (QED) is 0.484. The zero-order chi connectivity index (χ0) is 21.1. The lowest BCUT2D eigenvalue weighted by atomic mass is 10.1. The molecule has 0 fully saturated rings. The van der Waals surface area contributed by atoms with Crippen molar-refractivity contribution < 1.29 is 9.53 Å². The van der Waals surface area contributed by atoms with Gasteiger partial charge in [-0.15, -0.1) is 0 Å². The van der Waals surface area contributed by atoms with E-state index in [1.54, 1.807) is 12.1 Å². The van der Waals surface area contributed by atoms with Crippen LogP contribution in [0.2, 0.25) is 0 Å². The molecule has 0 radical (unpaired) electrons. The molecule has 0 bridgehead atoms. The summed E-state index contributed by atoms with van der Waals surface area (Å²) in [5.41, 5.74) is 5.48. The number of fused-ring (bicyclic) bond motifs is 1. The van der Waals surface area contributed by atoms with Gasteiger partial charge in [0.1, 0.15) is 17.2 Å². The van der Waals surface area contributed by atoms with E-state index in [9.17, 15) is 4.79 Å². The van der Waals surface area contributed by atoms with Gasteiger partial charge >= 0.3 is 5.97 Å². The van der Waals surface area contributed by atoms with Crippen molar-refractivity contribution in [1.29, 1.82) is 0 Å². The Morgan fingerprint density at radius 3 is 2.43 bits per heavy atom. The highest BCUT2D eigenvalue weighted by Crippen LogP contribution is 2.29.